The molecule has 4 aromatic rings. The number of aromatic nitrogens is 5. The van der Waals surface area contributed by atoms with E-state index in [1.54, 1.807) is 31.2 Å². The highest BCUT2D eigenvalue weighted by Gasteiger charge is 2.25. The SMILES string of the molecule is C/C(=N/NC(=O)c1nnn(-c2nonc2N)c1-c1ccccc1)c1ccc([N+](=O)[O-])cc1. The van der Waals surface area contributed by atoms with Crippen molar-refractivity contribution in [2.75, 3.05) is 5.73 Å². The molecule has 0 saturated heterocycles. The van der Waals surface area contributed by atoms with Gasteiger partial charge < -0.3 is 5.73 Å². The summed E-state index contributed by atoms with van der Waals surface area (Å²) >= 11 is 0. The summed E-state index contributed by atoms with van der Waals surface area (Å²) in [5.74, 6) is -0.571. The minimum Gasteiger partial charge on any atom is -0.378 e. The third-order valence-electron chi connectivity index (χ3n) is 4.45. The average Bonchev–Trinajstić information content (AvgIpc) is 3.43. The fourth-order valence-electron chi connectivity index (χ4n) is 2.85. The first kappa shape index (κ1) is 20.3. The number of nitrogen functional groups attached to an aromatic ring is 1. The van der Waals surface area contributed by atoms with Crippen molar-refractivity contribution in [3.8, 4) is 17.1 Å². The van der Waals surface area contributed by atoms with Crippen LogP contribution < -0.4 is 11.2 Å². The number of nitrogens with one attached hydrogen (secondary N) is 1. The van der Waals surface area contributed by atoms with Gasteiger partial charge in [0.05, 0.1) is 10.6 Å². The second-order valence-corrected chi connectivity index (χ2v) is 6.48. The topological polar surface area (TPSA) is 180 Å². The molecule has 1 amide bonds. The molecule has 4 rings (SSSR count). The Morgan fingerprint density at radius 3 is 2.50 bits per heavy atom. The van der Waals surface area contributed by atoms with E-state index in [4.69, 9.17) is 5.73 Å². The third kappa shape index (κ3) is 3.89. The Kier molecular flexibility index (Phi) is 5.36. The number of anilines is 1. The molecule has 0 unspecified atom stereocenters. The van der Waals surface area contributed by atoms with Crippen LogP contribution in [0.25, 0.3) is 17.1 Å². The normalized spacial score (nSPS) is 11.3. The quantitative estimate of drug-likeness (QED) is 0.261. The molecule has 13 heteroatoms. The van der Waals surface area contributed by atoms with Gasteiger partial charge in [0.2, 0.25) is 11.6 Å². The Balaban J connectivity index is 1.65. The molecule has 32 heavy (non-hydrogen) atoms. The van der Waals surface area contributed by atoms with Crippen LogP contribution in [0.2, 0.25) is 0 Å². The maximum atomic E-state index is 12.9. The van der Waals surface area contributed by atoms with E-state index in [9.17, 15) is 14.9 Å². The Morgan fingerprint density at radius 1 is 1.16 bits per heavy atom. The number of carbonyl (C=O) groups excluding carboxylic acids is 1. The number of benzene rings is 2. The van der Waals surface area contributed by atoms with Crippen LogP contribution >= 0.6 is 0 Å². The first-order valence-electron chi connectivity index (χ1n) is 9.14. The second-order valence-electron chi connectivity index (χ2n) is 6.48. The van der Waals surface area contributed by atoms with E-state index in [0.29, 0.717) is 22.5 Å². The summed E-state index contributed by atoms with van der Waals surface area (Å²) < 4.78 is 5.89. The van der Waals surface area contributed by atoms with Crippen molar-refractivity contribution in [3.05, 3.63) is 76.0 Å². The molecular weight excluding hydrogens is 418 g/mol. The van der Waals surface area contributed by atoms with E-state index < -0.39 is 10.8 Å². The highest BCUT2D eigenvalue weighted by molar-refractivity contribution is 6.02. The van der Waals surface area contributed by atoms with Crippen LogP contribution in [0.3, 0.4) is 0 Å². The van der Waals surface area contributed by atoms with Crippen LogP contribution in [0.1, 0.15) is 23.0 Å². The van der Waals surface area contributed by atoms with Crippen LogP contribution in [0, 0.1) is 10.1 Å². The van der Waals surface area contributed by atoms with Crippen molar-refractivity contribution in [1.82, 2.24) is 30.7 Å². The lowest BCUT2D eigenvalue weighted by Crippen LogP contribution is -2.21. The van der Waals surface area contributed by atoms with E-state index in [1.807, 2.05) is 6.07 Å². The van der Waals surface area contributed by atoms with E-state index in [0.717, 1.165) is 0 Å². The molecular formula is C19H15N9O4. The predicted octanol–water partition coefficient (Wildman–Crippen LogP) is 1.96. The van der Waals surface area contributed by atoms with Crippen LogP contribution in [0.15, 0.2) is 64.3 Å². The molecule has 2 aromatic carbocycles. The summed E-state index contributed by atoms with van der Waals surface area (Å²) in [6.45, 7) is 1.65. The molecule has 0 radical (unpaired) electrons. The molecule has 2 aromatic heterocycles. The van der Waals surface area contributed by atoms with Gasteiger partial charge in [-0.25, -0.2) is 10.1 Å². The van der Waals surface area contributed by atoms with Gasteiger partial charge in [-0.2, -0.15) is 9.78 Å². The van der Waals surface area contributed by atoms with E-state index >= 15 is 0 Å². The fraction of sp³-hybridized carbons (Fsp3) is 0.0526. The zero-order chi connectivity index (χ0) is 22.7. The lowest BCUT2D eigenvalue weighted by atomic mass is 10.1. The Morgan fingerprint density at radius 2 is 1.88 bits per heavy atom. The molecule has 0 aliphatic rings. The number of amides is 1. The van der Waals surface area contributed by atoms with Gasteiger partial charge in [0.15, 0.2) is 5.69 Å². The molecule has 0 atom stereocenters. The molecule has 0 bridgehead atoms. The number of non-ortho nitro benzene ring substituents is 1. The van der Waals surface area contributed by atoms with Gasteiger partial charge >= 0.3 is 0 Å². The van der Waals surface area contributed by atoms with Gasteiger partial charge in [-0.15, -0.1) is 5.10 Å². The first-order chi connectivity index (χ1) is 15.5. The third-order valence-corrected chi connectivity index (χ3v) is 4.45. The summed E-state index contributed by atoms with van der Waals surface area (Å²) in [5.41, 5.74) is 10.1. The van der Waals surface area contributed by atoms with Crippen molar-refractivity contribution in [1.29, 1.82) is 0 Å². The molecule has 0 aliphatic heterocycles. The lowest BCUT2D eigenvalue weighted by Gasteiger charge is -2.06. The smallest absolute Gasteiger partial charge is 0.294 e. The lowest BCUT2D eigenvalue weighted by molar-refractivity contribution is -0.384. The average molecular weight is 433 g/mol. The number of carbonyl (C=O) groups is 1. The van der Waals surface area contributed by atoms with Gasteiger partial charge in [-0.3, -0.25) is 14.9 Å². The first-order valence-corrected chi connectivity index (χ1v) is 9.14. The molecule has 0 spiro atoms. The van der Waals surface area contributed by atoms with Crippen LogP contribution in [0.4, 0.5) is 11.5 Å². The van der Waals surface area contributed by atoms with Gasteiger partial charge in [0, 0.05) is 17.7 Å². The summed E-state index contributed by atoms with van der Waals surface area (Å²) in [5, 5.41) is 30.1. The van der Waals surface area contributed by atoms with Crippen LogP contribution in [-0.2, 0) is 0 Å². The van der Waals surface area contributed by atoms with Crippen molar-refractivity contribution < 1.29 is 14.3 Å². The number of rotatable bonds is 6. The van der Waals surface area contributed by atoms with E-state index in [1.165, 1.54) is 28.9 Å². The zero-order valence-corrected chi connectivity index (χ0v) is 16.5. The van der Waals surface area contributed by atoms with E-state index in [-0.39, 0.29) is 23.0 Å². The summed E-state index contributed by atoms with van der Waals surface area (Å²) in [7, 11) is 0. The molecule has 13 nitrogen and oxygen atoms in total. The van der Waals surface area contributed by atoms with Gasteiger partial charge in [-0.1, -0.05) is 35.5 Å². The minimum atomic E-state index is -0.633. The molecule has 2 heterocycles. The van der Waals surface area contributed by atoms with Gasteiger partial charge in [-0.05, 0) is 34.9 Å². The number of nitro benzene ring substituents is 1. The van der Waals surface area contributed by atoms with E-state index in [2.05, 4.69) is 35.8 Å². The fourth-order valence-corrected chi connectivity index (χ4v) is 2.85. The Labute approximate surface area is 179 Å². The predicted molar refractivity (Wildman–Crippen MR) is 112 cm³/mol. The number of hydrazone groups is 1. The summed E-state index contributed by atoms with van der Waals surface area (Å²) in [4.78, 5) is 23.2. The molecule has 0 saturated carbocycles. The highest BCUT2D eigenvalue weighted by Crippen LogP contribution is 2.26. The number of nitrogens with zero attached hydrogens (tertiary/aromatic N) is 7. The number of nitrogens with two attached hydrogens (primary N) is 1. The number of nitro groups is 1. The van der Waals surface area contributed by atoms with Crippen molar-refractivity contribution in [2.24, 2.45) is 5.10 Å². The summed E-state index contributed by atoms with van der Waals surface area (Å²) in [6, 6.07) is 14.7. The standard InChI is InChI=1S/C19H15N9O4/c1-11(12-7-9-14(10-8-12)28(30)31)21-23-19(29)15-16(13-5-3-2-4-6-13)27(26-22-15)18-17(20)24-32-25-18/h2-10H,1H3,(H2,20,24)(H,23,29)/b21-11-. The maximum absolute atomic E-state index is 12.9. The van der Waals surface area contributed by atoms with Crippen molar-refractivity contribution >= 4 is 23.1 Å². The van der Waals surface area contributed by atoms with Crippen molar-refractivity contribution in [3.63, 3.8) is 0 Å². The Hall–Kier alpha value is -4.94. The molecule has 0 fully saturated rings. The largest absolute Gasteiger partial charge is 0.378 e. The molecule has 0 aliphatic carbocycles. The zero-order valence-electron chi connectivity index (χ0n) is 16.5. The minimum absolute atomic E-state index is 0.0222. The number of hydrogen-bond acceptors (Lipinski definition) is 10. The maximum Gasteiger partial charge on any atom is 0.294 e. The highest BCUT2D eigenvalue weighted by atomic mass is 16.6. The van der Waals surface area contributed by atoms with Crippen molar-refractivity contribution in [2.45, 2.75) is 6.92 Å². The van der Waals surface area contributed by atoms with Gasteiger partial charge in [0.1, 0.15) is 5.69 Å². The second kappa shape index (κ2) is 8.43. The summed E-state index contributed by atoms with van der Waals surface area (Å²) in [6.07, 6.45) is 0. The number of hydrogen-bond donors (Lipinski definition) is 2. The molecule has 160 valence electrons. The Bertz CT molecular complexity index is 1310. The van der Waals surface area contributed by atoms with Crippen LogP contribution in [-0.4, -0.2) is 41.8 Å². The molecule has 3 N–H and O–H groups in total. The van der Waals surface area contributed by atoms with Crippen LogP contribution in [0.5, 0.6) is 0 Å². The monoisotopic (exact) mass is 433 g/mol. The van der Waals surface area contributed by atoms with Gasteiger partial charge in [0.25, 0.3) is 11.6 Å².